The van der Waals surface area contributed by atoms with Gasteiger partial charge in [-0.15, -0.1) is 11.6 Å². The molecule has 3 heteroatoms. The van der Waals surface area contributed by atoms with Crippen molar-refractivity contribution in [2.75, 3.05) is 0 Å². The van der Waals surface area contributed by atoms with E-state index in [0.717, 1.165) is 16.3 Å². The normalized spacial score (nSPS) is 12.5. The lowest BCUT2D eigenvalue weighted by Crippen LogP contribution is -2.04. The minimum absolute atomic E-state index is 0.432. The van der Waals surface area contributed by atoms with Crippen LogP contribution in [0, 0.1) is 6.92 Å². The van der Waals surface area contributed by atoms with Crippen LogP contribution in [0.5, 0.6) is 0 Å². The lowest BCUT2D eigenvalue weighted by atomic mass is 10.1. The number of carbonyl (C=O) groups is 1. The number of benzene rings is 1. The molecule has 0 bridgehead atoms. The maximum atomic E-state index is 10.4. The van der Waals surface area contributed by atoms with Gasteiger partial charge >= 0.3 is 0 Å². The SMILES string of the molecule is Cc1ccc(Br)c(CC(Cl)C=O)c1. The summed E-state index contributed by atoms with van der Waals surface area (Å²) in [7, 11) is 0. The van der Waals surface area contributed by atoms with Crippen molar-refractivity contribution in [3.05, 3.63) is 33.8 Å². The van der Waals surface area contributed by atoms with E-state index in [1.54, 1.807) is 0 Å². The van der Waals surface area contributed by atoms with Gasteiger partial charge in [0.15, 0.2) is 0 Å². The molecule has 0 spiro atoms. The fourth-order valence-electron chi connectivity index (χ4n) is 1.12. The molecule has 0 aromatic heterocycles. The van der Waals surface area contributed by atoms with Crippen molar-refractivity contribution in [3.8, 4) is 0 Å². The lowest BCUT2D eigenvalue weighted by molar-refractivity contribution is -0.107. The van der Waals surface area contributed by atoms with E-state index in [1.165, 1.54) is 5.56 Å². The molecule has 1 atom stereocenters. The second kappa shape index (κ2) is 4.77. The highest BCUT2D eigenvalue weighted by molar-refractivity contribution is 9.10. The second-order valence-electron chi connectivity index (χ2n) is 2.95. The van der Waals surface area contributed by atoms with Gasteiger partial charge in [-0.2, -0.15) is 0 Å². The fraction of sp³-hybridized carbons (Fsp3) is 0.300. The average molecular weight is 262 g/mol. The van der Waals surface area contributed by atoms with Gasteiger partial charge in [-0.3, -0.25) is 0 Å². The average Bonchev–Trinajstić information content (AvgIpc) is 2.11. The molecule has 13 heavy (non-hydrogen) atoms. The molecule has 0 fully saturated rings. The first-order valence-electron chi connectivity index (χ1n) is 3.98. The van der Waals surface area contributed by atoms with Gasteiger partial charge in [0.1, 0.15) is 6.29 Å². The summed E-state index contributed by atoms with van der Waals surface area (Å²) in [6, 6.07) is 6.01. The van der Waals surface area contributed by atoms with Crippen molar-refractivity contribution in [1.82, 2.24) is 0 Å². The fourth-order valence-corrected chi connectivity index (χ4v) is 1.69. The Morgan fingerprint density at radius 1 is 1.62 bits per heavy atom. The summed E-state index contributed by atoms with van der Waals surface area (Å²) in [4.78, 5) is 10.4. The van der Waals surface area contributed by atoms with E-state index >= 15 is 0 Å². The van der Waals surface area contributed by atoms with E-state index in [9.17, 15) is 4.79 Å². The molecule has 0 N–H and O–H groups in total. The number of aryl methyl sites for hydroxylation is 1. The Kier molecular flexibility index (Phi) is 3.94. The zero-order valence-corrected chi connectivity index (χ0v) is 9.60. The van der Waals surface area contributed by atoms with Crippen molar-refractivity contribution in [3.63, 3.8) is 0 Å². The molecule has 0 saturated carbocycles. The van der Waals surface area contributed by atoms with Crippen molar-refractivity contribution in [1.29, 1.82) is 0 Å². The van der Waals surface area contributed by atoms with Crippen LogP contribution in [0.4, 0.5) is 0 Å². The molecular weight excluding hydrogens is 251 g/mol. The third-order valence-corrected chi connectivity index (χ3v) is 2.79. The summed E-state index contributed by atoms with van der Waals surface area (Å²) < 4.78 is 1.01. The monoisotopic (exact) mass is 260 g/mol. The maximum Gasteiger partial charge on any atom is 0.138 e. The maximum absolute atomic E-state index is 10.4. The molecular formula is C10H10BrClO. The Morgan fingerprint density at radius 3 is 2.92 bits per heavy atom. The lowest BCUT2D eigenvalue weighted by Gasteiger charge is -2.06. The molecule has 1 aromatic carbocycles. The number of carbonyl (C=O) groups excluding carboxylic acids is 1. The van der Waals surface area contributed by atoms with Gasteiger partial charge in [-0.1, -0.05) is 33.6 Å². The van der Waals surface area contributed by atoms with Crippen molar-refractivity contribution in [2.45, 2.75) is 18.7 Å². The van der Waals surface area contributed by atoms with Crippen LogP contribution in [0.3, 0.4) is 0 Å². The van der Waals surface area contributed by atoms with E-state index in [4.69, 9.17) is 11.6 Å². The van der Waals surface area contributed by atoms with Crippen LogP contribution in [0.2, 0.25) is 0 Å². The molecule has 0 aliphatic rings. The number of hydrogen-bond acceptors (Lipinski definition) is 1. The van der Waals surface area contributed by atoms with Crippen LogP contribution >= 0.6 is 27.5 Å². The van der Waals surface area contributed by atoms with Crippen molar-refractivity contribution >= 4 is 33.8 Å². The van der Waals surface area contributed by atoms with E-state index in [1.807, 2.05) is 25.1 Å². The van der Waals surface area contributed by atoms with Gasteiger partial charge in [0, 0.05) is 4.47 Å². The number of halogens is 2. The summed E-state index contributed by atoms with van der Waals surface area (Å²) in [5, 5.41) is -0.432. The number of alkyl halides is 1. The zero-order valence-electron chi connectivity index (χ0n) is 7.26. The minimum Gasteiger partial charge on any atom is -0.302 e. The molecule has 70 valence electrons. The van der Waals surface area contributed by atoms with Crippen LogP contribution in [-0.2, 0) is 11.2 Å². The predicted octanol–water partition coefficient (Wildman–Crippen LogP) is 3.11. The molecule has 1 rings (SSSR count). The molecule has 0 heterocycles. The van der Waals surface area contributed by atoms with E-state index < -0.39 is 5.38 Å². The molecule has 0 amide bonds. The molecule has 0 aliphatic heterocycles. The van der Waals surface area contributed by atoms with Gasteiger partial charge in [0.2, 0.25) is 0 Å². The zero-order chi connectivity index (χ0) is 9.84. The van der Waals surface area contributed by atoms with Gasteiger partial charge in [0.25, 0.3) is 0 Å². The second-order valence-corrected chi connectivity index (χ2v) is 4.37. The standard InChI is InChI=1S/C10H10BrClO/c1-7-2-3-10(11)8(4-7)5-9(12)6-13/h2-4,6,9H,5H2,1H3. The topological polar surface area (TPSA) is 17.1 Å². The molecule has 1 unspecified atom stereocenters. The summed E-state index contributed by atoms with van der Waals surface area (Å²) in [5.41, 5.74) is 2.25. The first-order chi connectivity index (χ1) is 6.13. The smallest absolute Gasteiger partial charge is 0.138 e. The number of hydrogen-bond donors (Lipinski definition) is 0. The Balaban J connectivity index is 2.86. The van der Waals surface area contributed by atoms with Crippen molar-refractivity contribution in [2.24, 2.45) is 0 Å². The highest BCUT2D eigenvalue weighted by atomic mass is 79.9. The Hall–Kier alpha value is -0.340. The van der Waals surface area contributed by atoms with E-state index in [-0.39, 0.29) is 0 Å². The summed E-state index contributed by atoms with van der Waals surface area (Å²) in [6.07, 6.45) is 1.34. The largest absolute Gasteiger partial charge is 0.302 e. The van der Waals surface area contributed by atoms with Crippen LogP contribution in [-0.4, -0.2) is 11.7 Å². The van der Waals surface area contributed by atoms with Crippen LogP contribution < -0.4 is 0 Å². The summed E-state index contributed by atoms with van der Waals surface area (Å²) >= 11 is 9.15. The van der Waals surface area contributed by atoms with Gasteiger partial charge < -0.3 is 4.79 Å². The summed E-state index contributed by atoms with van der Waals surface area (Å²) in [6.45, 7) is 2.01. The minimum atomic E-state index is -0.432. The predicted molar refractivity (Wildman–Crippen MR) is 58.3 cm³/mol. The third-order valence-electron chi connectivity index (χ3n) is 1.76. The Bertz CT molecular complexity index is 312. The third kappa shape index (κ3) is 3.12. The summed E-state index contributed by atoms with van der Waals surface area (Å²) in [5.74, 6) is 0. The van der Waals surface area contributed by atoms with Gasteiger partial charge in [0.05, 0.1) is 5.38 Å². The Morgan fingerprint density at radius 2 is 2.31 bits per heavy atom. The van der Waals surface area contributed by atoms with Gasteiger partial charge in [-0.05, 0) is 25.0 Å². The molecule has 0 aliphatic carbocycles. The highest BCUT2D eigenvalue weighted by Crippen LogP contribution is 2.20. The first-order valence-corrected chi connectivity index (χ1v) is 5.21. The number of aldehydes is 1. The Labute approximate surface area is 91.2 Å². The molecule has 1 nitrogen and oxygen atoms in total. The van der Waals surface area contributed by atoms with Gasteiger partial charge in [-0.25, -0.2) is 0 Å². The first kappa shape index (κ1) is 10.7. The van der Waals surface area contributed by atoms with Crippen LogP contribution in [0.1, 0.15) is 11.1 Å². The van der Waals surface area contributed by atoms with Crippen LogP contribution in [0.25, 0.3) is 0 Å². The highest BCUT2D eigenvalue weighted by Gasteiger charge is 2.06. The number of rotatable bonds is 3. The van der Waals surface area contributed by atoms with E-state index in [0.29, 0.717) is 6.42 Å². The quantitative estimate of drug-likeness (QED) is 0.603. The molecule has 1 aromatic rings. The van der Waals surface area contributed by atoms with E-state index in [2.05, 4.69) is 15.9 Å². The molecule has 0 radical (unpaired) electrons. The van der Waals surface area contributed by atoms with Crippen molar-refractivity contribution < 1.29 is 4.79 Å². The van der Waals surface area contributed by atoms with Crippen LogP contribution in [0.15, 0.2) is 22.7 Å². The molecule has 0 saturated heterocycles.